The molecule has 144 valence electrons. The number of nitrogens with one attached hydrogen (secondary N) is 1. The van der Waals surface area contributed by atoms with Gasteiger partial charge in [-0.3, -0.25) is 9.59 Å². The molecule has 0 fully saturated rings. The Morgan fingerprint density at radius 1 is 1.07 bits per heavy atom. The van der Waals surface area contributed by atoms with Crippen molar-refractivity contribution in [1.82, 2.24) is 0 Å². The van der Waals surface area contributed by atoms with Crippen LogP contribution in [-0.2, 0) is 17.6 Å². The monoisotopic (exact) mass is 396 g/mol. The molecule has 0 saturated carbocycles. The van der Waals surface area contributed by atoms with Gasteiger partial charge in [0.2, 0.25) is 5.91 Å². The molecule has 1 aromatic heterocycles. The molecule has 0 unspecified atom stereocenters. The fourth-order valence-corrected chi connectivity index (χ4v) is 4.73. The molecule has 1 N–H and O–H groups in total. The Bertz CT molecular complexity index is 936. The summed E-state index contributed by atoms with van der Waals surface area (Å²) in [4.78, 5) is 27.1. The molecule has 0 radical (unpaired) electrons. The third-order valence-corrected chi connectivity index (χ3v) is 6.20. The van der Waals surface area contributed by atoms with Crippen LogP contribution >= 0.6 is 11.3 Å². The van der Waals surface area contributed by atoms with Gasteiger partial charge in [-0.05, 0) is 49.4 Å². The largest absolute Gasteiger partial charge is 0.486 e. The molecule has 1 aliphatic carbocycles. The van der Waals surface area contributed by atoms with Crippen LogP contribution in [-0.4, -0.2) is 24.9 Å². The van der Waals surface area contributed by atoms with Crippen LogP contribution in [0.3, 0.4) is 0 Å². The molecule has 1 aromatic carbocycles. The molecule has 28 heavy (non-hydrogen) atoms. The van der Waals surface area contributed by atoms with Gasteiger partial charge in [0.15, 0.2) is 23.2 Å². The Kier molecular flexibility index (Phi) is 5.31. The molecular formula is C21H20N2O4S. The van der Waals surface area contributed by atoms with Crippen LogP contribution in [0, 0.1) is 17.2 Å². The number of thiophene rings is 1. The predicted octanol–water partition coefficient (Wildman–Crippen LogP) is 3.75. The second-order valence-electron chi connectivity index (χ2n) is 6.89. The zero-order valence-electron chi connectivity index (χ0n) is 15.3. The van der Waals surface area contributed by atoms with E-state index in [9.17, 15) is 14.9 Å². The number of ketones is 1. The van der Waals surface area contributed by atoms with Crippen molar-refractivity contribution in [3.05, 3.63) is 39.6 Å². The van der Waals surface area contributed by atoms with E-state index in [0.29, 0.717) is 35.3 Å². The van der Waals surface area contributed by atoms with Crippen molar-refractivity contribution in [2.75, 3.05) is 18.5 Å². The van der Waals surface area contributed by atoms with Gasteiger partial charge in [-0.1, -0.05) is 6.42 Å². The number of hydrogen-bond donors (Lipinski definition) is 1. The van der Waals surface area contributed by atoms with Crippen LogP contribution < -0.4 is 14.8 Å². The van der Waals surface area contributed by atoms with E-state index in [1.54, 1.807) is 18.2 Å². The first-order valence-corrected chi connectivity index (χ1v) is 10.2. The molecule has 0 saturated heterocycles. The SMILES string of the molecule is N#C[C@@H](C(=O)Nc1ccc2c(c1)OCCO2)C(=O)c1cc2c(s1)CCCCC2. The molecule has 2 aliphatic rings. The number of ether oxygens (including phenoxy) is 2. The molecule has 1 amide bonds. The Labute approximate surface area is 167 Å². The van der Waals surface area contributed by atoms with E-state index >= 15 is 0 Å². The first-order chi connectivity index (χ1) is 13.7. The van der Waals surface area contributed by atoms with E-state index in [4.69, 9.17) is 9.47 Å². The Balaban J connectivity index is 1.49. The number of hydrogen-bond acceptors (Lipinski definition) is 6. The zero-order valence-corrected chi connectivity index (χ0v) is 16.1. The Hall–Kier alpha value is -2.85. The van der Waals surface area contributed by atoms with Gasteiger partial charge in [0.25, 0.3) is 0 Å². The molecule has 1 aliphatic heterocycles. The van der Waals surface area contributed by atoms with Gasteiger partial charge >= 0.3 is 0 Å². The molecule has 2 heterocycles. The summed E-state index contributed by atoms with van der Waals surface area (Å²) in [6.07, 6.45) is 5.36. The maximum Gasteiger partial charge on any atom is 0.249 e. The van der Waals surface area contributed by atoms with Crippen molar-refractivity contribution in [1.29, 1.82) is 5.26 Å². The lowest BCUT2D eigenvalue weighted by atomic mass is 10.0. The van der Waals surface area contributed by atoms with Crippen LogP contribution in [0.15, 0.2) is 24.3 Å². The number of fused-ring (bicyclic) bond motifs is 2. The van der Waals surface area contributed by atoms with E-state index in [2.05, 4.69) is 5.32 Å². The number of rotatable bonds is 4. The van der Waals surface area contributed by atoms with Crippen molar-refractivity contribution in [3.8, 4) is 17.6 Å². The molecule has 6 nitrogen and oxygen atoms in total. The van der Waals surface area contributed by atoms with Crippen molar-refractivity contribution < 1.29 is 19.1 Å². The van der Waals surface area contributed by atoms with Gasteiger partial charge in [-0.2, -0.15) is 5.26 Å². The Morgan fingerprint density at radius 3 is 2.68 bits per heavy atom. The number of nitrogens with zero attached hydrogens (tertiary/aromatic N) is 1. The van der Waals surface area contributed by atoms with Crippen molar-refractivity contribution >= 4 is 28.7 Å². The second kappa shape index (κ2) is 8.03. The number of anilines is 1. The standard InChI is InChI=1S/C21H20N2O4S/c22-12-15(20(24)19-10-13-4-2-1-3-5-18(13)28-19)21(25)23-14-6-7-16-17(11-14)27-9-8-26-16/h6-7,10-11,15H,1-5,8-9H2,(H,23,25)/t15-/m1/s1. The van der Waals surface area contributed by atoms with Crippen LogP contribution in [0.5, 0.6) is 11.5 Å². The smallest absolute Gasteiger partial charge is 0.249 e. The zero-order chi connectivity index (χ0) is 19.5. The van der Waals surface area contributed by atoms with Gasteiger partial charge in [0, 0.05) is 16.6 Å². The minimum atomic E-state index is -1.38. The van der Waals surface area contributed by atoms with Crippen LogP contribution in [0.25, 0.3) is 0 Å². The first-order valence-electron chi connectivity index (χ1n) is 9.41. The van der Waals surface area contributed by atoms with Crippen LogP contribution in [0.1, 0.15) is 39.4 Å². The lowest BCUT2D eigenvalue weighted by Gasteiger charge is -2.19. The van der Waals surface area contributed by atoms with E-state index in [0.717, 1.165) is 25.7 Å². The summed E-state index contributed by atoms with van der Waals surface area (Å²) >= 11 is 1.43. The number of carbonyl (C=O) groups excluding carboxylic acids is 2. The molecule has 0 spiro atoms. The van der Waals surface area contributed by atoms with E-state index in [1.807, 2.05) is 12.1 Å². The van der Waals surface area contributed by atoms with Gasteiger partial charge in [-0.25, -0.2) is 0 Å². The van der Waals surface area contributed by atoms with Crippen molar-refractivity contribution in [3.63, 3.8) is 0 Å². The lowest BCUT2D eigenvalue weighted by molar-refractivity contribution is -0.117. The molecule has 2 aromatic rings. The summed E-state index contributed by atoms with van der Waals surface area (Å²) < 4.78 is 11.0. The third kappa shape index (κ3) is 3.73. The Morgan fingerprint density at radius 2 is 1.86 bits per heavy atom. The fraction of sp³-hybridized carbons (Fsp3) is 0.381. The lowest BCUT2D eigenvalue weighted by Crippen LogP contribution is -2.28. The van der Waals surface area contributed by atoms with E-state index < -0.39 is 17.6 Å². The van der Waals surface area contributed by atoms with E-state index in [-0.39, 0.29) is 0 Å². The summed E-state index contributed by atoms with van der Waals surface area (Å²) in [6, 6.07) is 8.73. The normalized spacial score (nSPS) is 16.2. The number of nitriles is 1. The first kappa shape index (κ1) is 18.5. The quantitative estimate of drug-likeness (QED) is 0.483. The minimum Gasteiger partial charge on any atom is -0.486 e. The second-order valence-corrected chi connectivity index (χ2v) is 8.03. The van der Waals surface area contributed by atoms with Crippen molar-refractivity contribution in [2.24, 2.45) is 5.92 Å². The van der Waals surface area contributed by atoms with Gasteiger partial charge in [-0.15, -0.1) is 11.3 Å². The highest BCUT2D eigenvalue weighted by atomic mass is 32.1. The number of benzene rings is 1. The number of aryl methyl sites for hydroxylation is 2. The fourth-order valence-electron chi connectivity index (χ4n) is 3.50. The maximum absolute atomic E-state index is 12.8. The number of amides is 1. The molecule has 7 heteroatoms. The molecule has 0 bridgehead atoms. The highest BCUT2D eigenvalue weighted by Crippen LogP contribution is 2.33. The predicted molar refractivity (Wildman–Crippen MR) is 105 cm³/mol. The summed E-state index contributed by atoms with van der Waals surface area (Å²) in [5, 5.41) is 12.1. The number of carbonyl (C=O) groups is 2. The molecule has 1 atom stereocenters. The van der Waals surface area contributed by atoms with Gasteiger partial charge in [0.05, 0.1) is 10.9 Å². The average Bonchev–Trinajstić information content (AvgIpc) is 2.99. The summed E-state index contributed by atoms with van der Waals surface area (Å²) in [6.45, 7) is 0.918. The molecule has 4 rings (SSSR count). The highest BCUT2D eigenvalue weighted by molar-refractivity contribution is 7.14. The van der Waals surface area contributed by atoms with E-state index in [1.165, 1.54) is 28.2 Å². The van der Waals surface area contributed by atoms with Gasteiger partial charge in [0.1, 0.15) is 13.2 Å². The maximum atomic E-state index is 12.8. The summed E-state index contributed by atoms with van der Waals surface area (Å²) in [5.74, 6) is -1.30. The average molecular weight is 396 g/mol. The van der Waals surface area contributed by atoms with Crippen molar-refractivity contribution in [2.45, 2.75) is 32.1 Å². The van der Waals surface area contributed by atoms with Crippen LogP contribution in [0.4, 0.5) is 5.69 Å². The minimum absolute atomic E-state index is 0.435. The molecular weight excluding hydrogens is 376 g/mol. The van der Waals surface area contributed by atoms with Gasteiger partial charge < -0.3 is 14.8 Å². The topological polar surface area (TPSA) is 88.4 Å². The summed E-state index contributed by atoms with van der Waals surface area (Å²) in [5.41, 5.74) is 1.65. The third-order valence-electron chi connectivity index (χ3n) is 4.95. The summed E-state index contributed by atoms with van der Waals surface area (Å²) in [7, 11) is 0. The number of Topliss-reactive ketones (excluding diaryl/α,β-unsaturated/α-hetero) is 1. The van der Waals surface area contributed by atoms with Crippen LogP contribution in [0.2, 0.25) is 0 Å². The highest BCUT2D eigenvalue weighted by Gasteiger charge is 2.30.